The van der Waals surface area contributed by atoms with Crippen molar-refractivity contribution in [3.63, 3.8) is 0 Å². The van der Waals surface area contributed by atoms with Gasteiger partial charge in [-0.05, 0) is 24.6 Å². The Morgan fingerprint density at radius 3 is 2.64 bits per heavy atom. The Kier molecular flexibility index (Phi) is 2.18. The van der Waals surface area contributed by atoms with Crippen LogP contribution >= 0.6 is 0 Å². The zero-order valence-electron chi connectivity index (χ0n) is 7.96. The molecule has 0 spiro atoms. The first-order chi connectivity index (χ1) is 6.77. The molecule has 2 aromatic heterocycles. The normalized spacial score (nSPS) is 12.6. The van der Waals surface area contributed by atoms with Gasteiger partial charge in [0, 0.05) is 18.6 Å². The second-order valence-electron chi connectivity index (χ2n) is 3.21. The lowest BCUT2D eigenvalue weighted by molar-refractivity contribution is 0.564. The van der Waals surface area contributed by atoms with Crippen molar-refractivity contribution in [1.29, 1.82) is 0 Å². The van der Waals surface area contributed by atoms with Gasteiger partial charge in [-0.25, -0.2) is 0 Å². The maximum atomic E-state index is 5.60. The van der Waals surface area contributed by atoms with E-state index in [1.807, 2.05) is 23.0 Å². The lowest BCUT2D eigenvalue weighted by Crippen LogP contribution is -2.06. The molecule has 0 amide bonds. The van der Waals surface area contributed by atoms with Crippen LogP contribution < -0.4 is 5.73 Å². The number of nitrogens with zero attached hydrogens (tertiary/aromatic N) is 3. The van der Waals surface area contributed by atoms with Crippen LogP contribution in [0.1, 0.15) is 18.5 Å². The van der Waals surface area contributed by atoms with Crippen LogP contribution in [-0.4, -0.2) is 14.8 Å². The van der Waals surface area contributed by atoms with Crippen molar-refractivity contribution in [2.24, 2.45) is 0 Å². The highest BCUT2D eigenvalue weighted by molar-refractivity contribution is 5.31. The number of aromatic nitrogens is 3. The summed E-state index contributed by atoms with van der Waals surface area (Å²) in [5.74, 6) is 0. The van der Waals surface area contributed by atoms with Gasteiger partial charge in [0.25, 0.3) is 0 Å². The van der Waals surface area contributed by atoms with Crippen molar-refractivity contribution < 1.29 is 0 Å². The summed E-state index contributed by atoms with van der Waals surface area (Å²) in [5.41, 5.74) is 7.45. The molecule has 2 rings (SSSR count). The molecule has 0 saturated heterocycles. The quantitative estimate of drug-likeness (QED) is 0.776. The summed E-state index contributed by atoms with van der Waals surface area (Å²) >= 11 is 0. The van der Waals surface area contributed by atoms with Crippen molar-refractivity contribution >= 4 is 5.69 Å². The average Bonchev–Trinajstić information content (AvgIpc) is 2.65. The fourth-order valence-corrected chi connectivity index (χ4v) is 1.36. The summed E-state index contributed by atoms with van der Waals surface area (Å²) in [4.78, 5) is 3.97. The molecular formula is C10H12N4. The summed E-state index contributed by atoms with van der Waals surface area (Å²) in [6.45, 7) is 2.07. The van der Waals surface area contributed by atoms with Gasteiger partial charge in [-0.3, -0.25) is 9.67 Å². The Hall–Kier alpha value is -1.84. The van der Waals surface area contributed by atoms with Crippen molar-refractivity contribution in [2.45, 2.75) is 13.0 Å². The second kappa shape index (κ2) is 3.49. The monoisotopic (exact) mass is 188 g/mol. The van der Waals surface area contributed by atoms with Crippen LogP contribution in [0.4, 0.5) is 5.69 Å². The van der Waals surface area contributed by atoms with Gasteiger partial charge in [0.05, 0.1) is 17.9 Å². The van der Waals surface area contributed by atoms with Crippen LogP contribution in [0.3, 0.4) is 0 Å². The number of anilines is 1. The number of hydrogen-bond acceptors (Lipinski definition) is 3. The molecule has 1 atom stereocenters. The number of hydrogen-bond donors (Lipinski definition) is 1. The summed E-state index contributed by atoms with van der Waals surface area (Å²) in [7, 11) is 0. The molecule has 0 aliphatic heterocycles. The van der Waals surface area contributed by atoms with Crippen molar-refractivity contribution in [1.82, 2.24) is 14.8 Å². The number of nitrogen functional groups attached to an aromatic ring is 1. The highest BCUT2D eigenvalue weighted by Crippen LogP contribution is 2.16. The number of nitrogens with two attached hydrogens (primary N) is 1. The minimum atomic E-state index is 0.190. The van der Waals surface area contributed by atoms with Crippen LogP contribution in [0, 0.1) is 0 Å². The lowest BCUT2D eigenvalue weighted by atomic mass is 10.1. The van der Waals surface area contributed by atoms with Crippen molar-refractivity contribution in [2.75, 3.05) is 5.73 Å². The van der Waals surface area contributed by atoms with Gasteiger partial charge in [-0.15, -0.1) is 0 Å². The fraction of sp³-hybridized carbons (Fsp3) is 0.200. The predicted octanol–water partition coefficient (Wildman–Crippen LogP) is 1.47. The Labute approximate surface area is 82.4 Å². The van der Waals surface area contributed by atoms with Gasteiger partial charge in [0.15, 0.2) is 0 Å². The Morgan fingerprint density at radius 1 is 1.36 bits per heavy atom. The molecular weight excluding hydrogens is 176 g/mol. The fourth-order valence-electron chi connectivity index (χ4n) is 1.36. The largest absolute Gasteiger partial charge is 0.396 e. The van der Waals surface area contributed by atoms with Gasteiger partial charge >= 0.3 is 0 Å². The molecule has 0 aliphatic carbocycles. The standard InChI is InChI=1S/C10H12N4/c1-8(9-2-4-12-5-3-9)14-7-10(11)6-13-14/h2-8H,11H2,1H3. The van der Waals surface area contributed by atoms with E-state index in [-0.39, 0.29) is 6.04 Å². The second-order valence-corrected chi connectivity index (χ2v) is 3.21. The van der Waals surface area contributed by atoms with E-state index in [4.69, 9.17) is 5.73 Å². The van der Waals surface area contributed by atoms with Gasteiger partial charge in [-0.2, -0.15) is 5.10 Å². The Bertz CT molecular complexity index is 407. The molecule has 1 unspecified atom stereocenters. The highest BCUT2D eigenvalue weighted by atomic mass is 15.3. The van der Waals surface area contributed by atoms with E-state index in [0.29, 0.717) is 5.69 Å². The molecule has 4 heteroatoms. The van der Waals surface area contributed by atoms with Crippen LogP contribution in [0.25, 0.3) is 0 Å². The first-order valence-electron chi connectivity index (χ1n) is 4.47. The van der Waals surface area contributed by atoms with Gasteiger partial charge < -0.3 is 5.73 Å². The van der Waals surface area contributed by atoms with Crippen LogP contribution in [0.15, 0.2) is 36.9 Å². The van der Waals surface area contributed by atoms with E-state index in [9.17, 15) is 0 Å². The summed E-state index contributed by atoms with van der Waals surface area (Å²) in [5, 5.41) is 4.16. The molecule has 0 bridgehead atoms. The first-order valence-corrected chi connectivity index (χ1v) is 4.47. The molecule has 0 aliphatic rings. The average molecular weight is 188 g/mol. The first kappa shape index (κ1) is 8.74. The van der Waals surface area contributed by atoms with E-state index in [2.05, 4.69) is 17.0 Å². The number of rotatable bonds is 2. The number of pyridine rings is 1. The van der Waals surface area contributed by atoms with E-state index in [1.54, 1.807) is 18.6 Å². The smallest absolute Gasteiger partial charge is 0.0742 e. The zero-order valence-corrected chi connectivity index (χ0v) is 7.96. The molecule has 2 aromatic rings. The van der Waals surface area contributed by atoms with E-state index in [0.717, 1.165) is 0 Å². The third-order valence-corrected chi connectivity index (χ3v) is 2.21. The van der Waals surface area contributed by atoms with E-state index >= 15 is 0 Å². The molecule has 72 valence electrons. The Morgan fingerprint density at radius 2 is 2.07 bits per heavy atom. The maximum Gasteiger partial charge on any atom is 0.0742 e. The molecule has 14 heavy (non-hydrogen) atoms. The lowest BCUT2D eigenvalue weighted by Gasteiger charge is -2.11. The highest BCUT2D eigenvalue weighted by Gasteiger charge is 2.07. The SMILES string of the molecule is CC(c1ccncc1)n1cc(N)cn1. The molecule has 2 N–H and O–H groups in total. The topological polar surface area (TPSA) is 56.7 Å². The maximum absolute atomic E-state index is 5.60. The van der Waals surface area contributed by atoms with Crippen LogP contribution in [0.2, 0.25) is 0 Å². The van der Waals surface area contributed by atoms with Gasteiger partial charge in [0.1, 0.15) is 0 Å². The van der Waals surface area contributed by atoms with Gasteiger partial charge in [-0.1, -0.05) is 0 Å². The molecule has 0 aromatic carbocycles. The third kappa shape index (κ3) is 1.59. The van der Waals surface area contributed by atoms with E-state index < -0.39 is 0 Å². The van der Waals surface area contributed by atoms with Crippen LogP contribution in [0.5, 0.6) is 0 Å². The van der Waals surface area contributed by atoms with E-state index in [1.165, 1.54) is 5.56 Å². The van der Waals surface area contributed by atoms with Crippen LogP contribution in [-0.2, 0) is 0 Å². The van der Waals surface area contributed by atoms with Gasteiger partial charge in [0.2, 0.25) is 0 Å². The minimum Gasteiger partial charge on any atom is -0.396 e. The zero-order chi connectivity index (χ0) is 9.97. The summed E-state index contributed by atoms with van der Waals surface area (Å²) in [6.07, 6.45) is 7.03. The van der Waals surface area contributed by atoms with Crippen molar-refractivity contribution in [3.05, 3.63) is 42.5 Å². The molecule has 2 heterocycles. The molecule has 4 nitrogen and oxygen atoms in total. The summed E-state index contributed by atoms with van der Waals surface area (Å²) in [6, 6.07) is 4.14. The molecule has 0 fully saturated rings. The molecule has 0 saturated carbocycles. The summed E-state index contributed by atoms with van der Waals surface area (Å²) < 4.78 is 1.84. The molecule has 0 radical (unpaired) electrons. The Balaban J connectivity index is 2.29. The van der Waals surface area contributed by atoms with Crippen molar-refractivity contribution in [3.8, 4) is 0 Å². The predicted molar refractivity (Wildman–Crippen MR) is 54.7 cm³/mol. The minimum absolute atomic E-state index is 0.190. The third-order valence-electron chi connectivity index (χ3n) is 2.21.